The zero-order valence-electron chi connectivity index (χ0n) is 16.9. The number of methoxy groups -OCH3 is 2. The van der Waals surface area contributed by atoms with Crippen LogP contribution in [0.25, 0.3) is 22.3 Å². The second-order valence-electron chi connectivity index (χ2n) is 6.94. The number of benzene rings is 3. The van der Waals surface area contributed by atoms with Gasteiger partial charge < -0.3 is 9.47 Å². The first-order valence-electron chi connectivity index (χ1n) is 9.53. The quantitative estimate of drug-likeness (QED) is 0.398. The van der Waals surface area contributed by atoms with Crippen LogP contribution in [-0.2, 0) is 35.0 Å². The van der Waals surface area contributed by atoms with Crippen molar-refractivity contribution in [3.05, 3.63) is 82.7 Å². The van der Waals surface area contributed by atoms with Gasteiger partial charge in [0.25, 0.3) is 0 Å². The average molecular weight is 428 g/mol. The fourth-order valence-corrected chi connectivity index (χ4v) is 4.08. The molecule has 2 unspecified atom stereocenters. The number of hydrogen-bond acceptors (Lipinski definition) is 2. The number of halogens is 1. The Labute approximate surface area is 177 Å². The van der Waals surface area contributed by atoms with E-state index in [1.165, 1.54) is 5.56 Å². The van der Waals surface area contributed by atoms with Crippen LogP contribution in [0.4, 0.5) is 4.39 Å². The summed E-state index contributed by atoms with van der Waals surface area (Å²) in [5.41, 5.74) is 8.11. The summed E-state index contributed by atoms with van der Waals surface area (Å²) in [6.07, 6.45) is 1.52. The third-order valence-electron chi connectivity index (χ3n) is 5.01. The maximum Gasteiger partial charge on any atom is 0.127 e. The maximum absolute atomic E-state index is 14.4. The molecular formula is C24H27FO2P2. The average Bonchev–Trinajstić information content (AvgIpc) is 2.75. The predicted molar refractivity (Wildman–Crippen MR) is 126 cm³/mol. The molecule has 0 saturated heterocycles. The van der Waals surface area contributed by atoms with Crippen LogP contribution >= 0.6 is 18.5 Å². The Morgan fingerprint density at radius 1 is 0.690 bits per heavy atom. The second kappa shape index (κ2) is 10.4. The Hall–Kier alpha value is -1.63. The summed E-state index contributed by atoms with van der Waals surface area (Å²) in [5, 5.41) is 0. The molecule has 3 aromatic rings. The van der Waals surface area contributed by atoms with Crippen molar-refractivity contribution in [2.24, 2.45) is 0 Å². The van der Waals surface area contributed by atoms with Crippen molar-refractivity contribution in [3.8, 4) is 22.3 Å². The highest BCUT2D eigenvalue weighted by Crippen LogP contribution is 2.34. The van der Waals surface area contributed by atoms with E-state index in [-0.39, 0.29) is 5.82 Å². The van der Waals surface area contributed by atoms with Crippen LogP contribution in [-0.4, -0.2) is 14.2 Å². The van der Waals surface area contributed by atoms with Gasteiger partial charge in [0.2, 0.25) is 0 Å². The lowest BCUT2D eigenvalue weighted by Gasteiger charge is -2.17. The van der Waals surface area contributed by atoms with Gasteiger partial charge in [0.05, 0.1) is 13.2 Å². The van der Waals surface area contributed by atoms with Crippen LogP contribution in [0.1, 0.15) is 22.3 Å². The van der Waals surface area contributed by atoms with Crippen molar-refractivity contribution in [2.75, 3.05) is 14.2 Å². The SMILES string of the molecule is COCc1cc(-c2ccc(CP)c(F)c2)c(COC)cc1-c1ccc(CP)cc1. The topological polar surface area (TPSA) is 18.5 Å². The van der Waals surface area contributed by atoms with E-state index in [1.54, 1.807) is 20.3 Å². The molecule has 3 rings (SSSR count). The standard InChI is InChI=1S/C24H27FO2P2/c1-26-12-20-10-23(18-7-8-19(15-29)24(25)11-18)21(13-27-2)9-22(20)17-5-3-16(14-28)4-6-17/h3-11H,12-15,28-29H2,1-2H3. The van der Waals surface area contributed by atoms with Gasteiger partial charge in [-0.1, -0.05) is 36.4 Å². The molecule has 0 aliphatic heterocycles. The largest absolute Gasteiger partial charge is 0.380 e. The minimum Gasteiger partial charge on any atom is -0.380 e. The number of rotatable bonds is 8. The van der Waals surface area contributed by atoms with E-state index in [2.05, 4.69) is 54.9 Å². The molecule has 0 bridgehead atoms. The summed E-state index contributed by atoms with van der Waals surface area (Å²) in [7, 11) is 8.69. The minimum absolute atomic E-state index is 0.189. The zero-order chi connectivity index (χ0) is 20.8. The van der Waals surface area contributed by atoms with Crippen LogP contribution in [0.5, 0.6) is 0 Å². The fraction of sp³-hybridized carbons (Fsp3) is 0.250. The summed E-state index contributed by atoms with van der Waals surface area (Å²) in [6.45, 7) is 0.930. The first-order chi connectivity index (χ1) is 14.1. The fourth-order valence-electron chi connectivity index (χ4n) is 3.48. The zero-order valence-corrected chi connectivity index (χ0v) is 19.2. The molecule has 2 nitrogen and oxygen atoms in total. The summed E-state index contributed by atoms with van der Waals surface area (Å²) < 4.78 is 25.4. The van der Waals surface area contributed by atoms with Crippen LogP contribution < -0.4 is 0 Å². The van der Waals surface area contributed by atoms with Gasteiger partial charge >= 0.3 is 0 Å². The third kappa shape index (κ3) is 5.11. The van der Waals surface area contributed by atoms with Gasteiger partial charge in [-0.05, 0) is 75.0 Å². The highest BCUT2D eigenvalue weighted by Gasteiger charge is 2.14. The molecule has 0 aliphatic rings. The third-order valence-corrected chi connectivity index (χ3v) is 5.92. The van der Waals surface area contributed by atoms with E-state index in [0.717, 1.165) is 39.5 Å². The van der Waals surface area contributed by atoms with E-state index in [1.807, 2.05) is 12.1 Å². The lowest BCUT2D eigenvalue weighted by Crippen LogP contribution is -2.00. The van der Waals surface area contributed by atoms with Gasteiger partial charge in [-0.15, -0.1) is 18.5 Å². The van der Waals surface area contributed by atoms with Crippen molar-refractivity contribution in [3.63, 3.8) is 0 Å². The molecule has 3 aromatic carbocycles. The summed E-state index contributed by atoms with van der Waals surface area (Å²) >= 11 is 0. The first-order valence-corrected chi connectivity index (χ1v) is 11.2. The Bertz CT molecular complexity index is 971. The highest BCUT2D eigenvalue weighted by molar-refractivity contribution is 7.15. The van der Waals surface area contributed by atoms with Crippen molar-refractivity contribution in [1.82, 2.24) is 0 Å². The van der Waals surface area contributed by atoms with Crippen LogP contribution in [0, 0.1) is 5.82 Å². The molecule has 0 heterocycles. The lowest BCUT2D eigenvalue weighted by molar-refractivity contribution is 0.183. The minimum atomic E-state index is -0.189. The van der Waals surface area contributed by atoms with Gasteiger partial charge in [-0.3, -0.25) is 0 Å². The molecule has 0 saturated carbocycles. The van der Waals surface area contributed by atoms with Gasteiger partial charge in [0, 0.05) is 14.2 Å². The number of ether oxygens (including phenoxy) is 2. The van der Waals surface area contributed by atoms with Gasteiger partial charge in [0.1, 0.15) is 5.82 Å². The molecule has 0 amide bonds. The van der Waals surface area contributed by atoms with Gasteiger partial charge in [-0.25, -0.2) is 4.39 Å². The molecule has 0 aromatic heterocycles. The van der Waals surface area contributed by atoms with E-state index >= 15 is 0 Å². The molecule has 0 radical (unpaired) electrons. The van der Waals surface area contributed by atoms with Gasteiger partial charge in [0.15, 0.2) is 0 Å². The second-order valence-corrected chi connectivity index (χ2v) is 7.76. The Kier molecular flexibility index (Phi) is 7.92. The lowest BCUT2D eigenvalue weighted by atomic mass is 9.90. The van der Waals surface area contributed by atoms with Gasteiger partial charge in [-0.2, -0.15) is 0 Å². The summed E-state index contributed by atoms with van der Waals surface area (Å²) in [5.74, 6) is -0.189. The first kappa shape index (κ1) is 22.1. The molecule has 0 N–H and O–H groups in total. The Morgan fingerprint density at radius 2 is 1.24 bits per heavy atom. The van der Waals surface area contributed by atoms with E-state index < -0.39 is 0 Å². The van der Waals surface area contributed by atoms with E-state index in [9.17, 15) is 4.39 Å². The van der Waals surface area contributed by atoms with Crippen LogP contribution in [0.3, 0.4) is 0 Å². The molecule has 29 heavy (non-hydrogen) atoms. The van der Waals surface area contributed by atoms with Crippen LogP contribution in [0.2, 0.25) is 0 Å². The van der Waals surface area contributed by atoms with E-state index in [0.29, 0.717) is 24.9 Å². The maximum atomic E-state index is 14.4. The molecule has 0 fully saturated rings. The molecule has 2 atom stereocenters. The van der Waals surface area contributed by atoms with Crippen molar-refractivity contribution >= 4 is 18.5 Å². The molecule has 0 aliphatic carbocycles. The molecule has 5 heteroatoms. The van der Waals surface area contributed by atoms with Crippen molar-refractivity contribution < 1.29 is 13.9 Å². The normalized spacial score (nSPS) is 11.1. The Balaban J connectivity index is 2.16. The van der Waals surface area contributed by atoms with Crippen LogP contribution in [0.15, 0.2) is 54.6 Å². The summed E-state index contributed by atoms with van der Waals surface area (Å²) in [6, 6.07) is 18.2. The van der Waals surface area contributed by atoms with Crippen molar-refractivity contribution in [2.45, 2.75) is 25.5 Å². The number of hydrogen-bond donors (Lipinski definition) is 0. The predicted octanol–water partition coefficient (Wildman–Crippen LogP) is 6.20. The van der Waals surface area contributed by atoms with E-state index in [4.69, 9.17) is 9.47 Å². The monoisotopic (exact) mass is 428 g/mol. The Morgan fingerprint density at radius 3 is 1.72 bits per heavy atom. The molecule has 152 valence electrons. The molecule has 0 spiro atoms. The van der Waals surface area contributed by atoms with Crippen molar-refractivity contribution in [1.29, 1.82) is 0 Å². The molecular weight excluding hydrogens is 401 g/mol. The highest BCUT2D eigenvalue weighted by atomic mass is 31.0. The summed E-state index contributed by atoms with van der Waals surface area (Å²) in [4.78, 5) is 0. The smallest absolute Gasteiger partial charge is 0.127 e.